The number of anilines is 3. The topological polar surface area (TPSA) is 29.0 Å². The molecular weight excluding hydrogens is 702 g/mol. The summed E-state index contributed by atoms with van der Waals surface area (Å²) in [5, 5.41) is 2.73. The molecule has 0 amide bonds. The predicted octanol–water partition coefficient (Wildman–Crippen LogP) is 7.97. The SMILES string of the molecule is C[Si](C)(C)c1cc(-c2ccccn2)[c-]c(N(c2[c-]c(-c3ccccn3)cc([Si](C)(C)C)c2)c2ccccc2)c1.[Pt+2]. The van der Waals surface area contributed by atoms with Gasteiger partial charge >= 0.3 is 21.1 Å². The molecular formula is C34H35N3PtSi2. The molecule has 0 N–H and O–H groups in total. The van der Waals surface area contributed by atoms with Crippen LogP contribution in [0.3, 0.4) is 0 Å². The molecule has 0 unspecified atom stereocenters. The van der Waals surface area contributed by atoms with Crippen LogP contribution in [-0.4, -0.2) is 26.1 Å². The van der Waals surface area contributed by atoms with Gasteiger partial charge in [-0.15, -0.1) is 57.9 Å². The predicted molar refractivity (Wildman–Crippen MR) is 171 cm³/mol. The molecule has 3 aromatic carbocycles. The molecule has 0 aliphatic heterocycles. The first-order valence-electron chi connectivity index (χ1n) is 13.4. The Morgan fingerprint density at radius 2 is 0.975 bits per heavy atom. The van der Waals surface area contributed by atoms with Crippen molar-refractivity contribution in [2.75, 3.05) is 4.90 Å². The molecule has 204 valence electrons. The van der Waals surface area contributed by atoms with Crippen molar-refractivity contribution in [3.05, 3.63) is 116 Å². The molecule has 5 aromatic rings. The molecule has 0 atom stereocenters. The van der Waals surface area contributed by atoms with Crippen LogP contribution in [0.1, 0.15) is 0 Å². The Balaban J connectivity index is 0.00000370. The summed E-state index contributed by atoms with van der Waals surface area (Å²) < 4.78 is 0. The van der Waals surface area contributed by atoms with E-state index in [1.807, 2.05) is 36.7 Å². The number of para-hydroxylation sites is 1. The first-order valence-corrected chi connectivity index (χ1v) is 20.4. The van der Waals surface area contributed by atoms with E-state index >= 15 is 0 Å². The molecule has 0 saturated carbocycles. The summed E-state index contributed by atoms with van der Waals surface area (Å²) in [6.45, 7) is 14.3. The van der Waals surface area contributed by atoms with E-state index in [0.29, 0.717) is 0 Å². The monoisotopic (exact) mass is 736 g/mol. The molecule has 0 saturated heterocycles. The van der Waals surface area contributed by atoms with Crippen LogP contribution < -0.4 is 15.3 Å². The minimum atomic E-state index is -1.67. The van der Waals surface area contributed by atoms with Gasteiger partial charge in [0.25, 0.3) is 0 Å². The number of rotatable bonds is 7. The molecule has 0 aliphatic rings. The van der Waals surface area contributed by atoms with E-state index in [2.05, 4.69) is 133 Å². The second-order valence-corrected chi connectivity index (χ2v) is 22.1. The van der Waals surface area contributed by atoms with Crippen molar-refractivity contribution in [3.63, 3.8) is 0 Å². The molecule has 0 radical (unpaired) electrons. The second kappa shape index (κ2) is 12.2. The van der Waals surface area contributed by atoms with Gasteiger partial charge in [0.2, 0.25) is 0 Å². The van der Waals surface area contributed by atoms with Crippen molar-refractivity contribution in [2.24, 2.45) is 0 Å². The molecule has 40 heavy (non-hydrogen) atoms. The van der Waals surface area contributed by atoms with E-state index in [0.717, 1.165) is 39.6 Å². The van der Waals surface area contributed by atoms with Crippen molar-refractivity contribution in [1.29, 1.82) is 0 Å². The van der Waals surface area contributed by atoms with Gasteiger partial charge in [0.1, 0.15) is 0 Å². The van der Waals surface area contributed by atoms with Gasteiger partial charge in [-0.2, -0.15) is 0 Å². The van der Waals surface area contributed by atoms with Gasteiger partial charge in [-0.25, -0.2) is 0 Å². The number of hydrogen-bond acceptors (Lipinski definition) is 3. The summed E-state index contributed by atoms with van der Waals surface area (Å²) in [5.41, 5.74) is 6.96. The van der Waals surface area contributed by atoms with Gasteiger partial charge in [-0.1, -0.05) is 81.7 Å². The van der Waals surface area contributed by atoms with Crippen LogP contribution in [0.4, 0.5) is 17.1 Å². The summed E-state index contributed by atoms with van der Waals surface area (Å²) in [4.78, 5) is 11.6. The van der Waals surface area contributed by atoms with Crippen LogP contribution in [0, 0.1) is 12.1 Å². The maximum Gasteiger partial charge on any atom is 2.00 e. The maximum atomic E-state index is 4.67. The average molecular weight is 737 g/mol. The number of nitrogens with zero attached hydrogens (tertiary/aromatic N) is 3. The smallest absolute Gasteiger partial charge is 0.346 e. The Hall–Kier alpha value is -3.12. The fraction of sp³-hybridized carbons (Fsp3) is 0.176. The van der Waals surface area contributed by atoms with Crippen molar-refractivity contribution in [2.45, 2.75) is 39.3 Å². The van der Waals surface area contributed by atoms with Crippen LogP contribution in [0.25, 0.3) is 22.5 Å². The number of benzene rings is 3. The van der Waals surface area contributed by atoms with E-state index in [-0.39, 0.29) is 21.1 Å². The zero-order valence-corrected chi connectivity index (χ0v) is 28.2. The molecule has 0 aliphatic carbocycles. The number of pyridine rings is 2. The minimum Gasteiger partial charge on any atom is -0.346 e. The standard InChI is InChI=1S/C34H35N3Si2.Pt/c1-38(2,3)31-22-26(33-16-10-12-18-35-33)20-29(24-31)37(28-14-8-7-9-15-28)30-21-27(34-17-11-13-19-36-34)23-32(25-30)39(4,5)6;/h7-19,22-25H,1-6H3;/q-2;+2. The Labute approximate surface area is 255 Å². The van der Waals surface area contributed by atoms with Gasteiger partial charge in [-0.05, 0) is 47.0 Å². The van der Waals surface area contributed by atoms with E-state index < -0.39 is 16.1 Å². The largest absolute Gasteiger partial charge is 2.00 e. The van der Waals surface area contributed by atoms with Crippen LogP contribution >= 0.6 is 0 Å². The fourth-order valence-electron chi connectivity index (χ4n) is 4.52. The summed E-state index contributed by atoms with van der Waals surface area (Å²) in [7, 11) is -3.34. The Bertz CT molecular complexity index is 1460. The molecule has 2 heterocycles. The number of hydrogen-bond donors (Lipinski definition) is 0. The molecule has 3 nitrogen and oxygen atoms in total. The van der Waals surface area contributed by atoms with Gasteiger partial charge < -0.3 is 14.9 Å². The normalized spacial score (nSPS) is 11.6. The molecule has 0 bridgehead atoms. The Morgan fingerprint density at radius 1 is 0.550 bits per heavy atom. The maximum absolute atomic E-state index is 4.67. The van der Waals surface area contributed by atoms with Gasteiger partial charge in [-0.3, -0.25) is 0 Å². The van der Waals surface area contributed by atoms with Gasteiger partial charge in [0.15, 0.2) is 0 Å². The molecule has 5 rings (SSSR count). The molecule has 0 spiro atoms. The molecule has 0 fully saturated rings. The van der Waals surface area contributed by atoms with E-state index in [4.69, 9.17) is 0 Å². The Kier molecular flexibility index (Phi) is 9.09. The second-order valence-electron chi connectivity index (χ2n) is 11.9. The van der Waals surface area contributed by atoms with E-state index in [1.54, 1.807) is 0 Å². The third-order valence-corrected chi connectivity index (χ3v) is 10.9. The van der Waals surface area contributed by atoms with Crippen LogP contribution in [0.2, 0.25) is 39.3 Å². The summed E-state index contributed by atoms with van der Waals surface area (Å²) in [5.74, 6) is 0. The average Bonchev–Trinajstić information content (AvgIpc) is 2.93. The minimum absolute atomic E-state index is 0. The Morgan fingerprint density at radius 3 is 1.35 bits per heavy atom. The quantitative estimate of drug-likeness (QED) is 0.126. The van der Waals surface area contributed by atoms with Gasteiger partial charge in [0.05, 0.1) is 16.1 Å². The summed E-state index contributed by atoms with van der Waals surface area (Å²) in [6, 6.07) is 39.4. The van der Waals surface area contributed by atoms with E-state index in [9.17, 15) is 0 Å². The first-order chi connectivity index (χ1) is 18.6. The summed E-state index contributed by atoms with van der Waals surface area (Å²) in [6.07, 6.45) is 3.70. The van der Waals surface area contributed by atoms with Crippen LogP contribution in [0.5, 0.6) is 0 Å². The van der Waals surface area contributed by atoms with Gasteiger partial charge in [0, 0.05) is 18.1 Å². The van der Waals surface area contributed by atoms with Crippen LogP contribution in [0.15, 0.2) is 103 Å². The zero-order chi connectivity index (χ0) is 27.6. The summed E-state index contributed by atoms with van der Waals surface area (Å²) >= 11 is 0. The molecule has 6 heteroatoms. The third-order valence-electron chi connectivity index (χ3n) is 6.82. The van der Waals surface area contributed by atoms with E-state index in [1.165, 1.54) is 10.4 Å². The van der Waals surface area contributed by atoms with Crippen molar-refractivity contribution in [3.8, 4) is 22.5 Å². The number of aromatic nitrogens is 2. The first kappa shape index (κ1) is 29.9. The third kappa shape index (κ3) is 6.77. The van der Waals surface area contributed by atoms with Crippen molar-refractivity contribution < 1.29 is 21.1 Å². The van der Waals surface area contributed by atoms with Crippen molar-refractivity contribution in [1.82, 2.24) is 9.97 Å². The van der Waals surface area contributed by atoms with Crippen molar-refractivity contribution >= 4 is 43.6 Å². The van der Waals surface area contributed by atoms with Crippen LogP contribution in [-0.2, 0) is 21.1 Å². The fourth-order valence-corrected chi connectivity index (χ4v) is 6.82. The molecule has 2 aromatic heterocycles. The zero-order valence-electron chi connectivity index (χ0n) is 24.0.